The maximum Gasteiger partial charge on any atom is 0.272 e. The highest BCUT2D eigenvalue weighted by molar-refractivity contribution is 5.96. The molecule has 32 heavy (non-hydrogen) atoms. The quantitative estimate of drug-likeness (QED) is 0.449. The van der Waals surface area contributed by atoms with Gasteiger partial charge in [0.05, 0.1) is 17.9 Å². The van der Waals surface area contributed by atoms with Gasteiger partial charge in [0, 0.05) is 24.7 Å². The first kappa shape index (κ1) is 24.2. The molecule has 0 fully saturated rings. The summed E-state index contributed by atoms with van der Waals surface area (Å²) in [5, 5.41) is 0. The Kier molecular flexibility index (Phi) is 7.91. The number of aromatic nitrogens is 2. The summed E-state index contributed by atoms with van der Waals surface area (Å²) in [6, 6.07) is 8.07. The zero-order valence-corrected chi connectivity index (χ0v) is 20.6. The Morgan fingerprint density at radius 3 is 2.50 bits per heavy atom. The average molecular weight is 438 g/mol. The van der Waals surface area contributed by atoms with Gasteiger partial charge in [-0.3, -0.25) is 4.79 Å². The topological polar surface area (TPSA) is 55.3 Å². The van der Waals surface area contributed by atoms with Crippen molar-refractivity contribution in [2.45, 2.75) is 72.6 Å². The molecule has 1 unspecified atom stereocenters. The molecule has 0 aromatic carbocycles. The lowest BCUT2D eigenvalue weighted by atomic mass is 9.63. The summed E-state index contributed by atoms with van der Waals surface area (Å²) in [4.78, 5) is 25.1. The number of rotatable bonds is 10. The highest BCUT2D eigenvalue weighted by atomic mass is 16.5. The second kappa shape index (κ2) is 10.5. The van der Waals surface area contributed by atoms with Crippen molar-refractivity contribution in [1.82, 2.24) is 14.9 Å². The number of carbonyl (C=O) groups excluding carboxylic acids is 1. The third-order valence-electron chi connectivity index (χ3n) is 6.77. The SMILES string of the molecule is CCCC1(C(CC)CC)CN(CC(C)C)C(=O)c2nc(-c3cccnc3OCC)ccc21. The van der Waals surface area contributed by atoms with Crippen LogP contribution in [-0.4, -0.2) is 40.5 Å². The number of hydrogen-bond acceptors (Lipinski definition) is 4. The monoisotopic (exact) mass is 437 g/mol. The van der Waals surface area contributed by atoms with Gasteiger partial charge in [0.25, 0.3) is 5.91 Å². The van der Waals surface area contributed by atoms with E-state index in [2.05, 4.69) is 56.6 Å². The van der Waals surface area contributed by atoms with E-state index < -0.39 is 0 Å². The molecular weight excluding hydrogens is 398 g/mol. The number of ether oxygens (including phenoxy) is 1. The van der Waals surface area contributed by atoms with Crippen LogP contribution in [-0.2, 0) is 5.41 Å². The van der Waals surface area contributed by atoms with Gasteiger partial charge in [-0.05, 0) is 48.9 Å². The first-order valence-corrected chi connectivity index (χ1v) is 12.3. The summed E-state index contributed by atoms with van der Waals surface area (Å²) < 4.78 is 5.74. The van der Waals surface area contributed by atoms with Crippen LogP contribution in [0.2, 0.25) is 0 Å². The lowest BCUT2D eigenvalue weighted by Gasteiger charge is -2.48. The van der Waals surface area contributed by atoms with Crippen LogP contribution in [0.3, 0.4) is 0 Å². The molecule has 0 saturated carbocycles. The van der Waals surface area contributed by atoms with Gasteiger partial charge in [-0.1, -0.05) is 59.9 Å². The molecule has 0 aliphatic carbocycles. The van der Waals surface area contributed by atoms with E-state index in [1.54, 1.807) is 6.20 Å². The Morgan fingerprint density at radius 1 is 1.12 bits per heavy atom. The molecule has 0 radical (unpaired) electrons. The van der Waals surface area contributed by atoms with Gasteiger partial charge in [0.2, 0.25) is 5.88 Å². The smallest absolute Gasteiger partial charge is 0.272 e. The Balaban J connectivity index is 2.21. The third kappa shape index (κ3) is 4.53. The number of fused-ring (bicyclic) bond motifs is 1. The molecule has 3 heterocycles. The van der Waals surface area contributed by atoms with Gasteiger partial charge in [-0.2, -0.15) is 0 Å². The highest BCUT2D eigenvalue weighted by Crippen LogP contribution is 2.46. The Labute approximate surface area is 193 Å². The molecule has 5 heteroatoms. The van der Waals surface area contributed by atoms with Crippen molar-refractivity contribution in [2.24, 2.45) is 11.8 Å². The summed E-state index contributed by atoms with van der Waals surface area (Å²) >= 11 is 0. The van der Waals surface area contributed by atoms with Crippen LogP contribution in [0.4, 0.5) is 0 Å². The van der Waals surface area contributed by atoms with Crippen LogP contribution < -0.4 is 4.74 Å². The summed E-state index contributed by atoms with van der Waals surface area (Å²) in [5.41, 5.74) is 3.26. The molecule has 0 spiro atoms. The van der Waals surface area contributed by atoms with Crippen LogP contribution >= 0.6 is 0 Å². The average Bonchev–Trinajstić information content (AvgIpc) is 2.78. The van der Waals surface area contributed by atoms with Crippen molar-refractivity contribution < 1.29 is 9.53 Å². The van der Waals surface area contributed by atoms with Crippen LogP contribution in [0.1, 0.15) is 83.3 Å². The van der Waals surface area contributed by atoms with E-state index in [1.165, 1.54) is 0 Å². The largest absolute Gasteiger partial charge is 0.477 e. The van der Waals surface area contributed by atoms with Crippen LogP contribution in [0.25, 0.3) is 11.3 Å². The highest BCUT2D eigenvalue weighted by Gasteiger charge is 2.47. The Morgan fingerprint density at radius 2 is 1.88 bits per heavy atom. The molecule has 0 N–H and O–H groups in total. The van der Waals surface area contributed by atoms with Crippen LogP contribution in [0.5, 0.6) is 5.88 Å². The van der Waals surface area contributed by atoms with E-state index in [1.807, 2.05) is 19.1 Å². The molecule has 2 aromatic rings. The molecule has 2 aromatic heterocycles. The standard InChI is InChI=1S/C27H39N3O2/c1-7-15-27(20(8-2)9-3)18-30(17-19(5)6)26(31)24-22(27)13-14-23(29-24)21-12-11-16-28-25(21)32-10-4/h11-14,16,19-20H,7-10,15,17-18H2,1-6H3. The fraction of sp³-hybridized carbons (Fsp3) is 0.593. The minimum Gasteiger partial charge on any atom is -0.477 e. The number of pyridine rings is 2. The van der Waals surface area contributed by atoms with Crippen LogP contribution in [0, 0.1) is 11.8 Å². The van der Waals surface area contributed by atoms with E-state index in [0.29, 0.717) is 30.0 Å². The first-order valence-electron chi connectivity index (χ1n) is 12.3. The maximum absolute atomic E-state index is 13.7. The number of nitrogens with zero attached hydrogens (tertiary/aromatic N) is 3. The second-order valence-corrected chi connectivity index (χ2v) is 9.38. The Bertz CT molecular complexity index is 923. The van der Waals surface area contributed by atoms with E-state index in [0.717, 1.165) is 55.6 Å². The molecule has 1 atom stereocenters. The predicted molar refractivity (Wildman–Crippen MR) is 130 cm³/mol. The summed E-state index contributed by atoms with van der Waals surface area (Å²) in [6.45, 7) is 15.2. The molecular formula is C27H39N3O2. The van der Waals surface area contributed by atoms with Crippen molar-refractivity contribution in [3.8, 4) is 17.1 Å². The molecule has 174 valence electrons. The van der Waals surface area contributed by atoms with Gasteiger partial charge in [-0.15, -0.1) is 0 Å². The van der Waals surface area contributed by atoms with Gasteiger partial charge >= 0.3 is 0 Å². The fourth-order valence-corrected chi connectivity index (χ4v) is 5.53. The van der Waals surface area contributed by atoms with E-state index in [4.69, 9.17) is 9.72 Å². The minimum absolute atomic E-state index is 0.0510. The Hall–Kier alpha value is -2.43. The molecule has 1 aliphatic rings. The number of amides is 1. The maximum atomic E-state index is 13.7. The number of hydrogen-bond donors (Lipinski definition) is 0. The lowest BCUT2D eigenvalue weighted by molar-refractivity contribution is 0.0552. The summed E-state index contributed by atoms with van der Waals surface area (Å²) in [7, 11) is 0. The third-order valence-corrected chi connectivity index (χ3v) is 6.77. The number of carbonyl (C=O) groups is 1. The molecule has 0 bridgehead atoms. The van der Waals surface area contributed by atoms with E-state index in [9.17, 15) is 4.79 Å². The van der Waals surface area contributed by atoms with E-state index >= 15 is 0 Å². The van der Waals surface area contributed by atoms with Crippen molar-refractivity contribution in [3.05, 3.63) is 41.7 Å². The van der Waals surface area contributed by atoms with Gasteiger partial charge < -0.3 is 9.64 Å². The van der Waals surface area contributed by atoms with Gasteiger partial charge in [0.15, 0.2) is 0 Å². The van der Waals surface area contributed by atoms with Crippen LogP contribution in [0.15, 0.2) is 30.5 Å². The summed E-state index contributed by atoms with van der Waals surface area (Å²) in [6.07, 6.45) is 6.06. The second-order valence-electron chi connectivity index (χ2n) is 9.38. The van der Waals surface area contributed by atoms with Crippen molar-refractivity contribution in [2.75, 3.05) is 19.7 Å². The predicted octanol–water partition coefficient (Wildman–Crippen LogP) is 6.13. The molecule has 1 amide bonds. The molecule has 5 nitrogen and oxygen atoms in total. The van der Waals surface area contributed by atoms with E-state index in [-0.39, 0.29) is 11.3 Å². The zero-order chi connectivity index (χ0) is 23.3. The van der Waals surface area contributed by atoms with Crippen molar-refractivity contribution >= 4 is 5.91 Å². The molecule has 0 saturated heterocycles. The van der Waals surface area contributed by atoms with Crippen molar-refractivity contribution in [3.63, 3.8) is 0 Å². The minimum atomic E-state index is -0.0560. The zero-order valence-electron chi connectivity index (χ0n) is 20.6. The summed E-state index contributed by atoms with van der Waals surface area (Å²) in [5.74, 6) is 1.53. The molecule has 1 aliphatic heterocycles. The molecule has 3 rings (SSSR count). The van der Waals surface area contributed by atoms with Crippen molar-refractivity contribution in [1.29, 1.82) is 0 Å². The van der Waals surface area contributed by atoms with Gasteiger partial charge in [0.1, 0.15) is 5.69 Å². The normalized spacial score (nSPS) is 18.4. The van der Waals surface area contributed by atoms with Gasteiger partial charge in [-0.25, -0.2) is 9.97 Å². The lowest BCUT2D eigenvalue weighted by Crippen LogP contribution is -2.54. The fourth-order valence-electron chi connectivity index (χ4n) is 5.53. The first-order chi connectivity index (χ1) is 15.4.